The predicted molar refractivity (Wildman–Crippen MR) is 120 cm³/mol. The fourth-order valence-electron chi connectivity index (χ4n) is 3.67. The molecule has 146 valence electrons. The third-order valence-corrected chi connectivity index (χ3v) is 5.30. The Labute approximate surface area is 171 Å². The number of nitrogens with one attached hydrogen (secondary N) is 1. The van der Waals surface area contributed by atoms with Crippen molar-refractivity contribution in [1.29, 1.82) is 0 Å². The summed E-state index contributed by atoms with van der Waals surface area (Å²) < 4.78 is 0. The van der Waals surface area contributed by atoms with Gasteiger partial charge in [-0.3, -0.25) is 0 Å². The molecule has 2 N–H and O–H groups in total. The maximum absolute atomic E-state index is 10.6. The van der Waals surface area contributed by atoms with Gasteiger partial charge in [-0.2, -0.15) is 0 Å². The van der Waals surface area contributed by atoms with Crippen LogP contribution >= 0.6 is 0 Å². The molecule has 4 heteroatoms. The van der Waals surface area contributed by atoms with Crippen molar-refractivity contribution in [3.05, 3.63) is 77.5 Å². The summed E-state index contributed by atoms with van der Waals surface area (Å²) in [6.45, 7) is 8.46. The minimum Gasteiger partial charge on any atom is -0.507 e. The van der Waals surface area contributed by atoms with Gasteiger partial charge in [0.05, 0.1) is 5.52 Å². The Kier molecular flexibility index (Phi) is 4.93. The van der Waals surface area contributed by atoms with Crippen LogP contribution in [0.3, 0.4) is 0 Å². The van der Waals surface area contributed by atoms with Crippen LogP contribution in [0.5, 0.6) is 5.75 Å². The Morgan fingerprint density at radius 3 is 2.41 bits per heavy atom. The van der Waals surface area contributed by atoms with Crippen LogP contribution < -0.4 is 5.32 Å². The number of aromatic nitrogens is 2. The van der Waals surface area contributed by atoms with E-state index in [-0.39, 0.29) is 5.75 Å². The highest BCUT2D eigenvalue weighted by Gasteiger charge is 2.13. The molecular weight excluding hydrogens is 358 g/mol. The minimum absolute atomic E-state index is 0.218. The van der Waals surface area contributed by atoms with Crippen LogP contribution in [0.25, 0.3) is 22.0 Å². The van der Waals surface area contributed by atoms with Crippen LogP contribution in [0, 0.1) is 13.8 Å². The van der Waals surface area contributed by atoms with E-state index < -0.39 is 0 Å². The lowest BCUT2D eigenvalue weighted by molar-refractivity contribution is 0.478. The molecule has 4 aromatic rings. The van der Waals surface area contributed by atoms with E-state index in [1.807, 2.05) is 37.3 Å². The number of phenolic OH excluding ortho intramolecular Hbond substituents is 1. The van der Waals surface area contributed by atoms with Crippen molar-refractivity contribution in [2.24, 2.45) is 0 Å². The highest BCUT2D eigenvalue weighted by molar-refractivity contribution is 5.89. The van der Waals surface area contributed by atoms with Gasteiger partial charge in [-0.05, 0) is 48.1 Å². The number of fused-ring (bicyclic) bond motifs is 1. The smallest absolute Gasteiger partial charge is 0.227 e. The second kappa shape index (κ2) is 7.55. The van der Waals surface area contributed by atoms with Gasteiger partial charge >= 0.3 is 0 Å². The molecule has 4 rings (SSSR count). The van der Waals surface area contributed by atoms with Gasteiger partial charge in [-0.1, -0.05) is 56.3 Å². The molecule has 0 amide bonds. The molecule has 0 atom stereocenters. The number of aryl methyl sites for hydroxylation is 2. The first kappa shape index (κ1) is 18.9. The number of hydrogen-bond acceptors (Lipinski definition) is 4. The first-order chi connectivity index (χ1) is 13.9. The number of nitrogens with zero attached hydrogens (tertiary/aromatic N) is 2. The SMILES string of the molecule is Cc1ccccc1-c1cc2cnc(Nc3c(C)cccc3C(C)C)nc2cc1O. The second-order valence-corrected chi connectivity index (χ2v) is 7.76. The molecule has 0 unspecified atom stereocenters. The largest absolute Gasteiger partial charge is 0.507 e. The molecule has 1 aromatic heterocycles. The monoisotopic (exact) mass is 383 g/mol. The summed E-state index contributed by atoms with van der Waals surface area (Å²) >= 11 is 0. The van der Waals surface area contributed by atoms with Gasteiger partial charge in [0.1, 0.15) is 5.75 Å². The van der Waals surface area contributed by atoms with Crippen LogP contribution in [0.4, 0.5) is 11.6 Å². The number of benzene rings is 3. The van der Waals surface area contributed by atoms with Gasteiger partial charge in [-0.25, -0.2) is 9.97 Å². The Bertz CT molecular complexity index is 1200. The van der Waals surface area contributed by atoms with Crippen LogP contribution in [-0.4, -0.2) is 15.1 Å². The molecule has 0 fully saturated rings. The van der Waals surface area contributed by atoms with Crippen LogP contribution in [0.1, 0.15) is 36.5 Å². The van der Waals surface area contributed by atoms with E-state index >= 15 is 0 Å². The number of phenols is 1. The molecule has 3 aromatic carbocycles. The average Bonchev–Trinajstić information content (AvgIpc) is 2.69. The fourth-order valence-corrected chi connectivity index (χ4v) is 3.67. The van der Waals surface area contributed by atoms with Gasteiger partial charge in [-0.15, -0.1) is 0 Å². The number of aromatic hydroxyl groups is 1. The summed E-state index contributed by atoms with van der Waals surface area (Å²) in [6, 6.07) is 18.0. The van der Waals surface area contributed by atoms with Gasteiger partial charge in [0.2, 0.25) is 5.95 Å². The summed E-state index contributed by atoms with van der Waals surface area (Å²) in [5, 5.41) is 14.9. The summed E-state index contributed by atoms with van der Waals surface area (Å²) in [5.74, 6) is 1.13. The van der Waals surface area contributed by atoms with E-state index in [9.17, 15) is 5.11 Å². The molecule has 29 heavy (non-hydrogen) atoms. The Morgan fingerprint density at radius 1 is 0.897 bits per heavy atom. The highest BCUT2D eigenvalue weighted by Crippen LogP contribution is 2.35. The summed E-state index contributed by atoms with van der Waals surface area (Å²) in [4.78, 5) is 9.17. The van der Waals surface area contributed by atoms with E-state index in [4.69, 9.17) is 0 Å². The molecule has 1 heterocycles. The standard InChI is InChI=1S/C25H25N3O/c1-15(2)19-11-7-9-17(4)24(19)28-25-26-14-18-12-21(23(29)13-22(18)27-25)20-10-6-5-8-16(20)3/h5-15,29H,1-4H3,(H,26,27,28). The average molecular weight is 383 g/mol. The van der Waals surface area contributed by atoms with E-state index in [1.54, 1.807) is 12.3 Å². The van der Waals surface area contributed by atoms with Crippen molar-refractivity contribution in [3.63, 3.8) is 0 Å². The summed E-state index contributed by atoms with van der Waals surface area (Å²) in [7, 11) is 0. The molecule has 0 saturated heterocycles. The van der Waals surface area contributed by atoms with Gasteiger partial charge in [0.15, 0.2) is 0 Å². The van der Waals surface area contributed by atoms with Crippen molar-refractivity contribution in [2.75, 3.05) is 5.32 Å². The third-order valence-electron chi connectivity index (χ3n) is 5.30. The maximum atomic E-state index is 10.6. The summed E-state index contributed by atoms with van der Waals surface area (Å²) in [5.41, 5.74) is 7.04. The normalized spacial score (nSPS) is 11.2. The topological polar surface area (TPSA) is 58.0 Å². The van der Waals surface area contributed by atoms with Gasteiger partial charge in [0.25, 0.3) is 0 Å². The maximum Gasteiger partial charge on any atom is 0.227 e. The highest BCUT2D eigenvalue weighted by atomic mass is 16.3. The fraction of sp³-hybridized carbons (Fsp3) is 0.200. The Morgan fingerprint density at radius 2 is 1.66 bits per heavy atom. The summed E-state index contributed by atoms with van der Waals surface area (Å²) in [6.07, 6.45) is 1.80. The number of para-hydroxylation sites is 1. The lowest BCUT2D eigenvalue weighted by Crippen LogP contribution is -2.03. The number of rotatable bonds is 4. The predicted octanol–water partition coefficient (Wildman–Crippen LogP) is 6.49. The Balaban J connectivity index is 1.75. The van der Waals surface area contributed by atoms with E-state index in [0.29, 0.717) is 17.4 Å². The zero-order valence-electron chi connectivity index (χ0n) is 17.2. The molecule has 0 aliphatic heterocycles. The molecular formula is C25H25N3O. The van der Waals surface area contributed by atoms with Crippen molar-refractivity contribution in [3.8, 4) is 16.9 Å². The van der Waals surface area contributed by atoms with Crippen LogP contribution in [0.2, 0.25) is 0 Å². The molecule has 0 aliphatic rings. The van der Waals surface area contributed by atoms with E-state index in [0.717, 1.165) is 33.3 Å². The quantitative estimate of drug-likeness (QED) is 0.423. The van der Waals surface area contributed by atoms with Crippen molar-refractivity contribution in [1.82, 2.24) is 9.97 Å². The molecule has 0 spiro atoms. The first-order valence-corrected chi connectivity index (χ1v) is 9.86. The molecule has 0 aliphatic carbocycles. The van der Waals surface area contributed by atoms with Crippen molar-refractivity contribution in [2.45, 2.75) is 33.6 Å². The molecule has 0 bridgehead atoms. The van der Waals surface area contributed by atoms with Gasteiger partial charge in [0, 0.05) is 28.9 Å². The molecule has 0 saturated carbocycles. The van der Waals surface area contributed by atoms with Gasteiger partial charge < -0.3 is 10.4 Å². The number of anilines is 2. The van der Waals surface area contributed by atoms with Crippen molar-refractivity contribution < 1.29 is 5.11 Å². The second-order valence-electron chi connectivity index (χ2n) is 7.76. The third kappa shape index (κ3) is 3.66. The Hall–Kier alpha value is -3.40. The lowest BCUT2D eigenvalue weighted by Gasteiger charge is -2.16. The van der Waals surface area contributed by atoms with Crippen LogP contribution in [-0.2, 0) is 0 Å². The molecule has 4 nitrogen and oxygen atoms in total. The zero-order valence-corrected chi connectivity index (χ0v) is 17.2. The lowest BCUT2D eigenvalue weighted by atomic mass is 9.98. The van der Waals surface area contributed by atoms with Crippen molar-refractivity contribution >= 4 is 22.5 Å². The van der Waals surface area contributed by atoms with Crippen LogP contribution in [0.15, 0.2) is 60.8 Å². The molecule has 0 radical (unpaired) electrons. The van der Waals surface area contributed by atoms with E-state index in [1.165, 1.54) is 5.56 Å². The zero-order chi connectivity index (χ0) is 20.5. The number of hydrogen-bond donors (Lipinski definition) is 2. The minimum atomic E-state index is 0.218. The van der Waals surface area contributed by atoms with E-state index in [2.05, 4.69) is 54.3 Å². The first-order valence-electron chi connectivity index (χ1n) is 9.86.